The average Bonchev–Trinajstić information content (AvgIpc) is 2.09. The van der Waals surface area contributed by atoms with Crippen molar-refractivity contribution in [1.82, 2.24) is 10.6 Å². The molecule has 1 fully saturated rings. The summed E-state index contributed by atoms with van der Waals surface area (Å²) in [4.78, 5) is 21.1. The summed E-state index contributed by atoms with van der Waals surface area (Å²) < 4.78 is 0. The van der Waals surface area contributed by atoms with Crippen LogP contribution in [-0.2, 0) is 9.59 Å². The van der Waals surface area contributed by atoms with E-state index in [1.54, 1.807) is 11.8 Å². The Labute approximate surface area is 80.8 Å². The van der Waals surface area contributed by atoms with Crippen LogP contribution < -0.4 is 16.4 Å². The van der Waals surface area contributed by atoms with Gasteiger partial charge in [0.1, 0.15) is 6.04 Å². The van der Waals surface area contributed by atoms with E-state index in [0.717, 1.165) is 5.75 Å². The lowest BCUT2D eigenvalue weighted by Gasteiger charge is -2.33. The van der Waals surface area contributed by atoms with Crippen molar-refractivity contribution in [3.05, 3.63) is 0 Å². The van der Waals surface area contributed by atoms with E-state index < -0.39 is 0 Å². The zero-order valence-electron chi connectivity index (χ0n) is 7.37. The highest BCUT2D eigenvalue weighted by atomic mass is 32.2. The van der Waals surface area contributed by atoms with E-state index in [0.29, 0.717) is 6.54 Å². The average molecular weight is 203 g/mol. The summed E-state index contributed by atoms with van der Waals surface area (Å²) >= 11 is 1.55. The smallest absolute Gasteiger partial charge is 0.240 e. The Hall–Kier alpha value is -0.750. The number of nitrogens with two attached hydrogens (primary N) is 1. The van der Waals surface area contributed by atoms with Gasteiger partial charge in [-0.2, -0.15) is 0 Å². The van der Waals surface area contributed by atoms with Gasteiger partial charge in [0.15, 0.2) is 0 Å². The minimum absolute atomic E-state index is 0.0151. The molecule has 1 aliphatic rings. The monoisotopic (exact) mass is 203 g/mol. The zero-order valence-corrected chi connectivity index (χ0v) is 8.19. The number of nitrogens with one attached hydrogen (secondary N) is 2. The van der Waals surface area contributed by atoms with Crippen molar-refractivity contribution in [2.75, 3.05) is 12.3 Å². The van der Waals surface area contributed by atoms with Crippen molar-refractivity contribution in [2.45, 2.75) is 18.3 Å². The number of amides is 2. The van der Waals surface area contributed by atoms with Gasteiger partial charge < -0.3 is 16.4 Å². The van der Waals surface area contributed by atoms with Crippen LogP contribution in [0.3, 0.4) is 0 Å². The van der Waals surface area contributed by atoms with Gasteiger partial charge in [-0.15, -0.1) is 11.8 Å². The van der Waals surface area contributed by atoms with Crippen LogP contribution in [-0.4, -0.2) is 35.5 Å². The topological polar surface area (TPSA) is 84.2 Å². The Bertz CT molecular complexity index is 222. The predicted molar refractivity (Wildman–Crippen MR) is 51.0 cm³/mol. The van der Waals surface area contributed by atoms with Gasteiger partial charge in [0.25, 0.3) is 0 Å². The van der Waals surface area contributed by atoms with Crippen molar-refractivity contribution in [3.8, 4) is 0 Å². The first-order valence-electron chi connectivity index (χ1n) is 4.03. The third kappa shape index (κ3) is 2.89. The molecule has 0 aliphatic carbocycles. The molecule has 1 aliphatic heterocycles. The Kier molecular flexibility index (Phi) is 3.56. The molecule has 1 heterocycles. The van der Waals surface area contributed by atoms with Gasteiger partial charge in [-0.1, -0.05) is 0 Å². The molecule has 74 valence electrons. The van der Waals surface area contributed by atoms with Crippen LogP contribution in [0.4, 0.5) is 0 Å². The van der Waals surface area contributed by atoms with Crippen molar-refractivity contribution in [2.24, 2.45) is 5.73 Å². The molecular weight excluding hydrogens is 190 g/mol. The number of carbonyl (C=O) groups excluding carboxylic acids is 2. The second-order valence-corrected chi connectivity index (χ2v) is 4.06. The normalized spacial score (nSPS) is 26.2. The molecule has 2 amide bonds. The summed E-state index contributed by atoms with van der Waals surface area (Å²) in [5.74, 6) is 0.623. The van der Waals surface area contributed by atoms with E-state index in [1.165, 1.54) is 6.92 Å². The van der Waals surface area contributed by atoms with E-state index in [-0.39, 0.29) is 23.2 Å². The molecule has 5 nitrogen and oxygen atoms in total. The van der Waals surface area contributed by atoms with Crippen LogP contribution >= 0.6 is 11.8 Å². The zero-order chi connectivity index (χ0) is 9.84. The summed E-state index contributed by atoms with van der Waals surface area (Å²) in [6, 6.07) is -0.387. The number of thioether (sulfide) groups is 1. The van der Waals surface area contributed by atoms with Gasteiger partial charge >= 0.3 is 0 Å². The lowest BCUT2D eigenvalue weighted by atomic mass is 10.2. The number of β-lactam (4-membered cyclic amide) rings is 1. The van der Waals surface area contributed by atoms with Crippen LogP contribution in [0.15, 0.2) is 0 Å². The van der Waals surface area contributed by atoms with Gasteiger partial charge in [0.2, 0.25) is 11.8 Å². The minimum Gasteiger partial charge on any atom is -0.356 e. The molecule has 0 aromatic rings. The first-order valence-corrected chi connectivity index (χ1v) is 5.08. The summed E-state index contributed by atoms with van der Waals surface area (Å²) in [5, 5.41) is 5.34. The van der Waals surface area contributed by atoms with Crippen molar-refractivity contribution >= 4 is 23.6 Å². The van der Waals surface area contributed by atoms with Crippen LogP contribution in [0.2, 0.25) is 0 Å². The quantitative estimate of drug-likeness (QED) is 0.389. The summed E-state index contributed by atoms with van der Waals surface area (Å²) in [6.45, 7) is 2.08. The van der Waals surface area contributed by atoms with Crippen molar-refractivity contribution in [1.29, 1.82) is 0 Å². The fourth-order valence-corrected chi connectivity index (χ4v) is 1.93. The Morgan fingerprint density at radius 3 is 2.92 bits per heavy atom. The first kappa shape index (κ1) is 10.3. The van der Waals surface area contributed by atoms with Gasteiger partial charge in [-0.3, -0.25) is 9.59 Å². The molecule has 0 aromatic carbocycles. The maximum atomic E-state index is 10.7. The molecule has 2 unspecified atom stereocenters. The van der Waals surface area contributed by atoms with Crippen LogP contribution in [0.25, 0.3) is 0 Å². The minimum atomic E-state index is -0.387. The Balaban J connectivity index is 2.01. The molecule has 0 aromatic heterocycles. The lowest BCUT2D eigenvalue weighted by molar-refractivity contribution is -0.128. The molecule has 0 spiro atoms. The largest absolute Gasteiger partial charge is 0.356 e. The molecule has 0 radical (unpaired) electrons. The second-order valence-electron chi connectivity index (χ2n) is 2.81. The number of rotatable bonds is 4. The van der Waals surface area contributed by atoms with Crippen molar-refractivity contribution in [3.63, 3.8) is 0 Å². The molecule has 4 N–H and O–H groups in total. The molecule has 1 rings (SSSR count). The van der Waals surface area contributed by atoms with Gasteiger partial charge in [-0.05, 0) is 0 Å². The fraction of sp³-hybridized carbons (Fsp3) is 0.714. The maximum absolute atomic E-state index is 10.7. The van der Waals surface area contributed by atoms with Crippen LogP contribution in [0.1, 0.15) is 6.92 Å². The molecule has 2 atom stereocenters. The van der Waals surface area contributed by atoms with Gasteiger partial charge in [-0.25, -0.2) is 0 Å². The molecule has 6 heteroatoms. The molecule has 0 saturated carbocycles. The lowest BCUT2D eigenvalue weighted by Crippen LogP contribution is -2.65. The number of carbonyl (C=O) groups is 2. The number of hydrogen-bond donors (Lipinski definition) is 3. The standard InChI is InChI=1S/C7H13N3O2S/c1-4(11)9-2-3-13-7-5(8)6(12)10-7/h5,7H,2-3,8H2,1H3,(H,9,11)(H,10,12). The molecule has 13 heavy (non-hydrogen) atoms. The SMILES string of the molecule is CC(=O)NCCSC1NC(=O)C1N. The molecular formula is C7H13N3O2S. The van der Waals surface area contributed by atoms with Gasteiger partial charge in [0, 0.05) is 19.2 Å². The van der Waals surface area contributed by atoms with Crippen LogP contribution in [0.5, 0.6) is 0 Å². The van der Waals surface area contributed by atoms with Crippen molar-refractivity contribution < 1.29 is 9.59 Å². The summed E-state index contributed by atoms with van der Waals surface area (Å²) in [6.07, 6.45) is 0. The van der Waals surface area contributed by atoms with E-state index in [9.17, 15) is 9.59 Å². The van der Waals surface area contributed by atoms with E-state index in [2.05, 4.69) is 10.6 Å². The highest BCUT2D eigenvalue weighted by molar-refractivity contribution is 8.00. The molecule has 0 bridgehead atoms. The third-order valence-corrected chi connectivity index (χ3v) is 2.90. The van der Waals surface area contributed by atoms with E-state index in [4.69, 9.17) is 5.73 Å². The Morgan fingerprint density at radius 2 is 2.46 bits per heavy atom. The third-order valence-electron chi connectivity index (χ3n) is 1.69. The highest BCUT2D eigenvalue weighted by Crippen LogP contribution is 2.17. The summed E-state index contributed by atoms with van der Waals surface area (Å²) in [7, 11) is 0. The van der Waals surface area contributed by atoms with Gasteiger partial charge in [0.05, 0.1) is 5.37 Å². The second kappa shape index (κ2) is 4.48. The fourth-order valence-electron chi connectivity index (χ4n) is 0.926. The molecule has 1 saturated heterocycles. The highest BCUT2D eigenvalue weighted by Gasteiger charge is 2.35. The maximum Gasteiger partial charge on any atom is 0.240 e. The Morgan fingerprint density at radius 1 is 1.77 bits per heavy atom. The summed E-state index contributed by atoms with van der Waals surface area (Å²) in [5.41, 5.74) is 5.49. The number of hydrogen-bond acceptors (Lipinski definition) is 4. The van der Waals surface area contributed by atoms with E-state index >= 15 is 0 Å². The predicted octanol–water partition coefficient (Wildman–Crippen LogP) is -1.36. The first-order chi connectivity index (χ1) is 6.11. The van der Waals surface area contributed by atoms with Crippen LogP contribution in [0, 0.1) is 0 Å². The van der Waals surface area contributed by atoms with E-state index in [1.807, 2.05) is 0 Å².